The second-order valence-electron chi connectivity index (χ2n) is 6.30. The largest absolute Gasteiger partial charge is 0.359 e. The van der Waals surface area contributed by atoms with Gasteiger partial charge in [0, 0.05) is 29.5 Å². The van der Waals surface area contributed by atoms with Crippen molar-refractivity contribution in [3.8, 4) is 0 Å². The van der Waals surface area contributed by atoms with Crippen LogP contribution in [0.2, 0.25) is 0 Å². The minimum atomic E-state index is -0.138. The molecule has 0 saturated heterocycles. The molecule has 1 aliphatic rings. The number of rotatable bonds is 5. The summed E-state index contributed by atoms with van der Waals surface area (Å²) >= 11 is 0. The zero-order valence-electron chi connectivity index (χ0n) is 14.6. The van der Waals surface area contributed by atoms with Crippen molar-refractivity contribution in [3.63, 3.8) is 0 Å². The molecule has 0 fully saturated rings. The van der Waals surface area contributed by atoms with Gasteiger partial charge in [-0.15, -0.1) is 0 Å². The summed E-state index contributed by atoms with van der Waals surface area (Å²) < 4.78 is 0. The minimum absolute atomic E-state index is 0.0865. The van der Waals surface area contributed by atoms with Gasteiger partial charge in [-0.1, -0.05) is 24.3 Å². The number of carbonyl (C=O) groups excluding carboxylic acids is 2. The van der Waals surface area contributed by atoms with Gasteiger partial charge in [0.15, 0.2) is 0 Å². The summed E-state index contributed by atoms with van der Waals surface area (Å²) in [4.78, 5) is 26.5. The predicted octanol–water partition coefficient (Wildman–Crippen LogP) is 2.83. The van der Waals surface area contributed by atoms with Gasteiger partial charge in [-0.05, 0) is 50.1 Å². The van der Waals surface area contributed by atoms with Gasteiger partial charge in [-0.2, -0.15) is 0 Å². The highest BCUT2D eigenvalue weighted by molar-refractivity contribution is 5.98. The molecule has 2 N–H and O–H groups in total. The lowest BCUT2D eigenvalue weighted by molar-refractivity contribution is -0.115. The van der Waals surface area contributed by atoms with Crippen molar-refractivity contribution in [1.29, 1.82) is 0 Å². The molecular weight excluding hydrogens is 314 g/mol. The molecule has 2 amide bonds. The molecule has 0 spiro atoms. The molecule has 1 atom stereocenters. The van der Waals surface area contributed by atoms with E-state index in [4.69, 9.17) is 0 Å². The van der Waals surface area contributed by atoms with E-state index in [9.17, 15) is 9.59 Å². The first-order valence-electron chi connectivity index (χ1n) is 8.61. The topological polar surface area (TPSA) is 61.4 Å². The van der Waals surface area contributed by atoms with Crippen molar-refractivity contribution in [1.82, 2.24) is 5.32 Å². The van der Waals surface area contributed by atoms with Crippen LogP contribution in [0.4, 0.5) is 11.4 Å². The van der Waals surface area contributed by atoms with E-state index in [0.29, 0.717) is 30.4 Å². The molecule has 0 aliphatic carbocycles. The van der Waals surface area contributed by atoms with Crippen LogP contribution in [0, 0.1) is 0 Å². The number of hydrogen-bond acceptors (Lipinski definition) is 3. The summed E-state index contributed by atoms with van der Waals surface area (Å²) in [6, 6.07) is 15.5. The number of nitrogens with zero attached hydrogens (tertiary/aromatic N) is 1. The third-order valence-corrected chi connectivity index (χ3v) is 4.41. The molecule has 3 rings (SSSR count). The van der Waals surface area contributed by atoms with E-state index in [2.05, 4.69) is 34.6 Å². The summed E-state index contributed by atoms with van der Waals surface area (Å²) in [6.45, 7) is 4.87. The van der Waals surface area contributed by atoms with Crippen molar-refractivity contribution in [2.24, 2.45) is 0 Å². The molecule has 2 aromatic rings. The SMILES string of the molecule is CCNC(=O)c1cccc(NC(=O)CN2c3ccccc3C[C@H]2C)c1. The highest BCUT2D eigenvalue weighted by Gasteiger charge is 2.27. The van der Waals surface area contributed by atoms with E-state index < -0.39 is 0 Å². The van der Waals surface area contributed by atoms with E-state index in [1.165, 1.54) is 5.56 Å². The molecule has 0 radical (unpaired) electrons. The molecule has 1 heterocycles. The fraction of sp³-hybridized carbons (Fsp3) is 0.300. The first-order valence-corrected chi connectivity index (χ1v) is 8.61. The Kier molecular flexibility index (Phi) is 5.03. The Balaban J connectivity index is 1.67. The van der Waals surface area contributed by atoms with E-state index in [1.54, 1.807) is 24.3 Å². The maximum absolute atomic E-state index is 12.5. The first kappa shape index (κ1) is 17.0. The fourth-order valence-corrected chi connectivity index (χ4v) is 3.23. The number of para-hydroxylation sites is 1. The Hall–Kier alpha value is -2.82. The van der Waals surface area contributed by atoms with Gasteiger partial charge in [-0.25, -0.2) is 0 Å². The van der Waals surface area contributed by atoms with Crippen molar-refractivity contribution < 1.29 is 9.59 Å². The van der Waals surface area contributed by atoms with Crippen LogP contribution in [-0.2, 0) is 11.2 Å². The van der Waals surface area contributed by atoms with Gasteiger partial charge in [-0.3, -0.25) is 9.59 Å². The van der Waals surface area contributed by atoms with Gasteiger partial charge in [0.25, 0.3) is 5.91 Å². The summed E-state index contributed by atoms with van der Waals surface area (Å²) in [5.41, 5.74) is 3.58. The van der Waals surface area contributed by atoms with Crippen LogP contribution in [0.1, 0.15) is 29.8 Å². The number of benzene rings is 2. The van der Waals surface area contributed by atoms with Gasteiger partial charge in [0.1, 0.15) is 0 Å². The Morgan fingerprint density at radius 1 is 1.16 bits per heavy atom. The second kappa shape index (κ2) is 7.38. The summed E-state index contributed by atoms with van der Waals surface area (Å²) in [5.74, 6) is -0.225. The van der Waals surface area contributed by atoms with Crippen molar-refractivity contribution in [2.75, 3.05) is 23.3 Å². The molecule has 5 nitrogen and oxygen atoms in total. The maximum atomic E-state index is 12.5. The Morgan fingerprint density at radius 3 is 2.76 bits per heavy atom. The summed E-state index contributed by atoms with van der Waals surface area (Å²) in [7, 11) is 0. The minimum Gasteiger partial charge on any atom is -0.359 e. The Labute approximate surface area is 148 Å². The van der Waals surface area contributed by atoms with Gasteiger partial charge >= 0.3 is 0 Å². The van der Waals surface area contributed by atoms with Gasteiger partial charge in [0.2, 0.25) is 5.91 Å². The molecule has 5 heteroatoms. The normalized spacial score (nSPS) is 15.6. The van der Waals surface area contributed by atoms with E-state index in [-0.39, 0.29) is 11.8 Å². The van der Waals surface area contributed by atoms with Gasteiger partial charge in [0.05, 0.1) is 6.54 Å². The second-order valence-corrected chi connectivity index (χ2v) is 6.30. The van der Waals surface area contributed by atoms with Crippen LogP contribution in [-0.4, -0.2) is 30.9 Å². The quantitative estimate of drug-likeness (QED) is 0.882. The zero-order valence-corrected chi connectivity index (χ0v) is 14.6. The highest BCUT2D eigenvalue weighted by atomic mass is 16.2. The van der Waals surface area contributed by atoms with Crippen LogP contribution >= 0.6 is 0 Å². The lowest BCUT2D eigenvalue weighted by Gasteiger charge is -2.24. The van der Waals surface area contributed by atoms with Crippen LogP contribution in [0.15, 0.2) is 48.5 Å². The molecule has 1 aliphatic heterocycles. The number of fused-ring (bicyclic) bond motifs is 1. The Bertz CT molecular complexity index is 788. The highest BCUT2D eigenvalue weighted by Crippen LogP contribution is 2.31. The van der Waals surface area contributed by atoms with E-state index >= 15 is 0 Å². The standard InChI is InChI=1S/C20H23N3O2/c1-3-21-20(25)16-8-6-9-17(12-16)22-19(24)13-23-14(2)11-15-7-4-5-10-18(15)23/h4-10,12,14H,3,11,13H2,1-2H3,(H,21,25)(H,22,24)/t14-/m1/s1. The molecule has 0 unspecified atom stereocenters. The summed E-state index contributed by atoms with van der Waals surface area (Å²) in [6.07, 6.45) is 0.954. The van der Waals surface area contributed by atoms with E-state index in [0.717, 1.165) is 12.1 Å². The predicted molar refractivity (Wildman–Crippen MR) is 100 cm³/mol. The molecule has 0 bridgehead atoms. The van der Waals surface area contributed by atoms with Crippen LogP contribution in [0.5, 0.6) is 0 Å². The van der Waals surface area contributed by atoms with Crippen LogP contribution in [0.3, 0.4) is 0 Å². The molecule has 25 heavy (non-hydrogen) atoms. The Morgan fingerprint density at radius 2 is 1.96 bits per heavy atom. The number of hydrogen-bond donors (Lipinski definition) is 2. The fourth-order valence-electron chi connectivity index (χ4n) is 3.23. The lowest BCUT2D eigenvalue weighted by atomic mass is 10.1. The van der Waals surface area contributed by atoms with Crippen molar-refractivity contribution >= 4 is 23.2 Å². The number of amides is 2. The average molecular weight is 337 g/mol. The van der Waals surface area contributed by atoms with E-state index in [1.807, 2.05) is 19.1 Å². The smallest absolute Gasteiger partial charge is 0.251 e. The molecule has 130 valence electrons. The third kappa shape index (κ3) is 3.82. The van der Waals surface area contributed by atoms with Crippen LogP contribution in [0.25, 0.3) is 0 Å². The lowest BCUT2D eigenvalue weighted by Crippen LogP contribution is -2.37. The number of anilines is 2. The van der Waals surface area contributed by atoms with Crippen molar-refractivity contribution in [2.45, 2.75) is 26.3 Å². The monoisotopic (exact) mass is 337 g/mol. The van der Waals surface area contributed by atoms with Crippen LogP contribution < -0.4 is 15.5 Å². The summed E-state index contributed by atoms with van der Waals surface area (Å²) in [5, 5.41) is 5.65. The van der Waals surface area contributed by atoms with Crippen molar-refractivity contribution in [3.05, 3.63) is 59.7 Å². The zero-order chi connectivity index (χ0) is 17.8. The average Bonchev–Trinajstić information content (AvgIpc) is 2.91. The first-order chi connectivity index (χ1) is 12.1. The molecule has 0 aromatic heterocycles. The molecule has 2 aromatic carbocycles. The third-order valence-electron chi connectivity index (χ3n) is 4.41. The molecule has 0 saturated carbocycles. The van der Waals surface area contributed by atoms with Gasteiger partial charge < -0.3 is 15.5 Å². The number of nitrogens with one attached hydrogen (secondary N) is 2. The maximum Gasteiger partial charge on any atom is 0.251 e. The number of carbonyl (C=O) groups is 2. The molecular formula is C20H23N3O2.